The van der Waals surface area contributed by atoms with Gasteiger partial charge in [-0.25, -0.2) is 4.79 Å². The topological polar surface area (TPSA) is 113 Å². The first-order valence-corrected chi connectivity index (χ1v) is 10.4. The van der Waals surface area contributed by atoms with Gasteiger partial charge in [-0.3, -0.25) is 4.90 Å². The Kier molecular flexibility index (Phi) is 5.08. The first-order valence-electron chi connectivity index (χ1n) is 10.4. The summed E-state index contributed by atoms with van der Waals surface area (Å²) in [6, 6.07) is 11.0. The number of amides is 1. The number of hydrogen-bond donors (Lipinski definition) is 1. The predicted octanol–water partition coefficient (Wildman–Crippen LogP) is 2.29. The summed E-state index contributed by atoms with van der Waals surface area (Å²) in [5.41, 5.74) is 3.77. The number of H-pyrrole nitrogens is 1. The van der Waals surface area contributed by atoms with E-state index in [-0.39, 0.29) is 17.9 Å². The quantitative estimate of drug-likeness (QED) is 0.454. The van der Waals surface area contributed by atoms with E-state index >= 15 is 0 Å². The number of carbonyl (C=O) groups is 2. The lowest BCUT2D eigenvalue weighted by atomic mass is 9.89. The summed E-state index contributed by atoms with van der Waals surface area (Å²) < 4.78 is 21.9. The van der Waals surface area contributed by atoms with Crippen LogP contribution in [-0.4, -0.2) is 48.8 Å². The Morgan fingerprint density at radius 3 is 2.64 bits per heavy atom. The number of carboxylic acids is 1. The first-order chi connectivity index (χ1) is 16.0. The minimum atomic E-state index is -1.39. The van der Waals surface area contributed by atoms with E-state index in [1.165, 1.54) is 14.2 Å². The molecule has 2 aliphatic heterocycles. The third-order valence-electron chi connectivity index (χ3n) is 6.03. The highest BCUT2D eigenvalue weighted by Crippen LogP contribution is 2.47. The van der Waals surface area contributed by atoms with E-state index < -0.39 is 12.0 Å². The summed E-state index contributed by atoms with van der Waals surface area (Å²) in [5.74, 6) is -0.550. The fraction of sp³-hybridized carbons (Fsp3) is 0.250. The first kappa shape index (κ1) is 20.7. The molecule has 2 aromatic carbocycles. The van der Waals surface area contributed by atoms with Crippen LogP contribution in [0.1, 0.15) is 22.9 Å². The van der Waals surface area contributed by atoms with E-state index in [0.717, 1.165) is 40.1 Å². The van der Waals surface area contributed by atoms with Crippen molar-refractivity contribution in [3.05, 3.63) is 65.6 Å². The number of nitrogens with zero attached hydrogens (tertiary/aromatic N) is 1. The summed E-state index contributed by atoms with van der Waals surface area (Å²) in [5, 5.41) is 11.8. The number of aromatic amines is 1. The van der Waals surface area contributed by atoms with E-state index in [2.05, 4.69) is 11.1 Å². The van der Waals surface area contributed by atoms with Crippen LogP contribution in [0.5, 0.6) is 17.2 Å². The molecule has 170 valence electrons. The van der Waals surface area contributed by atoms with E-state index in [4.69, 9.17) is 18.9 Å². The number of methoxy groups -OCH3 is 2. The molecule has 1 fully saturated rings. The Hall–Kier alpha value is -4.14. The maximum Gasteiger partial charge on any atom is 0.411 e. The van der Waals surface area contributed by atoms with Gasteiger partial charge in [-0.1, -0.05) is 18.2 Å². The monoisotopic (exact) mass is 449 g/mol. The van der Waals surface area contributed by atoms with Crippen LogP contribution in [-0.2, 0) is 16.0 Å². The van der Waals surface area contributed by atoms with Gasteiger partial charge in [0.05, 0.1) is 32.5 Å². The molecule has 2 unspecified atom stereocenters. The number of aromatic nitrogens is 1. The Morgan fingerprint density at radius 1 is 1.21 bits per heavy atom. The van der Waals surface area contributed by atoms with Crippen molar-refractivity contribution in [3.63, 3.8) is 0 Å². The Labute approximate surface area is 189 Å². The van der Waals surface area contributed by atoms with E-state index in [0.29, 0.717) is 24.5 Å². The van der Waals surface area contributed by atoms with E-state index in [1.807, 2.05) is 18.2 Å². The van der Waals surface area contributed by atoms with Gasteiger partial charge in [0.25, 0.3) is 0 Å². The van der Waals surface area contributed by atoms with Crippen LogP contribution in [0, 0.1) is 0 Å². The molecule has 0 spiro atoms. The lowest BCUT2D eigenvalue weighted by Gasteiger charge is -2.36. The third kappa shape index (κ3) is 3.42. The van der Waals surface area contributed by atoms with E-state index in [1.54, 1.807) is 17.0 Å². The Balaban J connectivity index is 1.67. The van der Waals surface area contributed by atoms with Gasteiger partial charge in [-0.05, 0) is 41.8 Å². The number of carbonyl (C=O) groups excluding carboxylic acids is 2. The Morgan fingerprint density at radius 2 is 1.94 bits per heavy atom. The fourth-order valence-electron chi connectivity index (χ4n) is 4.65. The third-order valence-corrected chi connectivity index (χ3v) is 6.03. The minimum absolute atomic E-state index is 0.104. The second-order valence-electron chi connectivity index (χ2n) is 7.80. The molecule has 0 radical (unpaired) electrons. The van der Waals surface area contributed by atoms with Crippen molar-refractivity contribution < 1.29 is 33.6 Å². The molecule has 1 saturated heterocycles. The molecular weight excluding hydrogens is 428 g/mol. The van der Waals surface area contributed by atoms with Gasteiger partial charge in [-0.2, -0.15) is 0 Å². The number of carboxylic acid groups (broad SMARTS) is 1. The molecule has 2 atom stereocenters. The van der Waals surface area contributed by atoms with Crippen molar-refractivity contribution in [1.82, 2.24) is 9.88 Å². The van der Waals surface area contributed by atoms with Crippen molar-refractivity contribution in [2.75, 3.05) is 20.8 Å². The maximum atomic E-state index is 12.7. The number of nitrogens with one attached hydrogen (secondary N) is 1. The Bertz CT molecular complexity index is 1250. The molecule has 3 heterocycles. The van der Waals surface area contributed by atoms with Gasteiger partial charge < -0.3 is 33.8 Å². The number of hydrogen-bond acceptors (Lipinski definition) is 7. The van der Waals surface area contributed by atoms with Crippen molar-refractivity contribution in [1.29, 1.82) is 0 Å². The molecule has 1 aromatic heterocycles. The van der Waals surface area contributed by atoms with Crippen LogP contribution in [0.2, 0.25) is 0 Å². The van der Waals surface area contributed by atoms with Crippen LogP contribution in [0.3, 0.4) is 0 Å². The van der Waals surface area contributed by atoms with Crippen molar-refractivity contribution in [3.8, 4) is 17.2 Å². The standard InChI is InChI=1S/C24H22N2O7/c1-30-18-9-13(10-19(31-2)23(18)32-8-7-20(27)28)22-21-16(11-14-12-33-24(29)26(14)22)15-5-3-4-6-17(15)25-21/h3-10,14,22,25H,11-12H2,1-2H3,(H,27,28)/p-1/b8-7+. The zero-order valence-corrected chi connectivity index (χ0v) is 18.0. The molecule has 2 aliphatic rings. The zero-order chi connectivity index (χ0) is 23.1. The fourth-order valence-corrected chi connectivity index (χ4v) is 4.65. The molecule has 33 heavy (non-hydrogen) atoms. The van der Waals surface area contributed by atoms with Gasteiger partial charge in [0.15, 0.2) is 11.5 Å². The maximum absolute atomic E-state index is 12.7. The summed E-state index contributed by atoms with van der Waals surface area (Å²) in [6.07, 6.45) is 2.05. The van der Waals surface area contributed by atoms with Gasteiger partial charge in [0.1, 0.15) is 12.6 Å². The molecule has 1 N–H and O–H groups in total. The minimum Gasteiger partial charge on any atom is -0.545 e. The van der Waals surface area contributed by atoms with Crippen molar-refractivity contribution in [2.24, 2.45) is 0 Å². The van der Waals surface area contributed by atoms with Gasteiger partial charge in [-0.15, -0.1) is 0 Å². The van der Waals surface area contributed by atoms with Crippen LogP contribution in [0.15, 0.2) is 48.7 Å². The van der Waals surface area contributed by atoms with Crippen LogP contribution < -0.4 is 19.3 Å². The largest absolute Gasteiger partial charge is 0.545 e. The lowest BCUT2D eigenvalue weighted by Crippen LogP contribution is -2.42. The molecule has 0 saturated carbocycles. The molecule has 9 heteroatoms. The molecule has 9 nitrogen and oxygen atoms in total. The van der Waals surface area contributed by atoms with Gasteiger partial charge >= 0.3 is 6.09 Å². The van der Waals surface area contributed by atoms with Gasteiger partial charge in [0.2, 0.25) is 5.75 Å². The van der Waals surface area contributed by atoms with E-state index in [9.17, 15) is 14.7 Å². The molecule has 3 aromatic rings. The smallest absolute Gasteiger partial charge is 0.411 e. The normalized spacial score (nSPS) is 19.3. The number of cyclic esters (lactones) is 1. The number of fused-ring (bicyclic) bond motifs is 4. The SMILES string of the molecule is COc1cc(C2c3[nH]c4ccccc4c3CC3COC(=O)N32)cc(OC)c1O/C=C/C(=O)[O-]. The summed E-state index contributed by atoms with van der Waals surface area (Å²) >= 11 is 0. The highest BCUT2D eigenvalue weighted by molar-refractivity contribution is 5.86. The zero-order valence-electron chi connectivity index (χ0n) is 18.0. The number of para-hydroxylation sites is 1. The van der Waals surface area contributed by atoms with Crippen molar-refractivity contribution >= 4 is 23.0 Å². The van der Waals surface area contributed by atoms with Crippen LogP contribution in [0.25, 0.3) is 10.9 Å². The molecule has 5 rings (SSSR count). The average Bonchev–Trinajstić information content (AvgIpc) is 3.37. The summed E-state index contributed by atoms with van der Waals surface area (Å²) in [7, 11) is 2.94. The highest BCUT2D eigenvalue weighted by atomic mass is 16.6. The number of aliphatic carboxylic acids is 1. The number of benzene rings is 2. The summed E-state index contributed by atoms with van der Waals surface area (Å²) in [4.78, 5) is 28.7. The molecule has 1 amide bonds. The molecule has 0 bridgehead atoms. The second-order valence-corrected chi connectivity index (χ2v) is 7.80. The lowest BCUT2D eigenvalue weighted by molar-refractivity contribution is -0.297. The number of rotatable bonds is 6. The predicted molar refractivity (Wildman–Crippen MR) is 115 cm³/mol. The molecular formula is C24H21N2O7-. The van der Waals surface area contributed by atoms with Gasteiger partial charge in [0, 0.05) is 16.6 Å². The summed E-state index contributed by atoms with van der Waals surface area (Å²) in [6.45, 7) is 0.317. The van der Waals surface area contributed by atoms with Crippen LogP contribution >= 0.6 is 0 Å². The van der Waals surface area contributed by atoms with Crippen LogP contribution in [0.4, 0.5) is 4.79 Å². The number of ether oxygens (including phenoxy) is 4. The molecule has 0 aliphatic carbocycles. The average molecular weight is 449 g/mol. The highest BCUT2D eigenvalue weighted by Gasteiger charge is 2.45. The second kappa shape index (κ2) is 8.09. The van der Waals surface area contributed by atoms with Crippen molar-refractivity contribution in [2.45, 2.75) is 18.5 Å².